The van der Waals surface area contributed by atoms with Crippen molar-refractivity contribution in [3.05, 3.63) is 99.6 Å². The van der Waals surface area contributed by atoms with Crippen molar-refractivity contribution in [1.82, 2.24) is 0 Å². The van der Waals surface area contributed by atoms with Crippen LogP contribution in [0.15, 0.2) is 66.2 Å². The Labute approximate surface area is 213 Å². The summed E-state index contributed by atoms with van der Waals surface area (Å²) in [5.74, 6) is -0.944. The number of amides is 1. The number of anilines is 1. The first kappa shape index (κ1) is 25.2. The first-order valence-electron chi connectivity index (χ1n) is 12.1. The number of ketones is 1. The summed E-state index contributed by atoms with van der Waals surface area (Å²) in [6.07, 6.45) is 0. The van der Waals surface area contributed by atoms with Gasteiger partial charge in [0.2, 0.25) is 0 Å². The molecule has 3 aromatic carbocycles. The molecule has 1 atom stereocenters. The van der Waals surface area contributed by atoms with Gasteiger partial charge < -0.3 is 9.84 Å². The summed E-state index contributed by atoms with van der Waals surface area (Å²) in [6, 6.07) is 18.1. The fraction of sp³-hybridized carbons (Fsp3) is 0.290. The summed E-state index contributed by atoms with van der Waals surface area (Å²) in [4.78, 5) is 28.6. The van der Waals surface area contributed by atoms with Crippen LogP contribution in [0.5, 0.6) is 5.75 Å². The van der Waals surface area contributed by atoms with Gasteiger partial charge in [-0.05, 0) is 84.3 Å². The van der Waals surface area contributed by atoms with E-state index in [9.17, 15) is 14.7 Å². The van der Waals surface area contributed by atoms with Crippen molar-refractivity contribution in [2.45, 2.75) is 53.0 Å². The average molecular weight is 484 g/mol. The van der Waals surface area contributed by atoms with Crippen molar-refractivity contribution in [3.8, 4) is 5.75 Å². The Morgan fingerprint density at radius 3 is 2.19 bits per heavy atom. The molecule has 1 saturated heterocycles. The maximum atomic E-state index is 13.6. The Morgan fingerprint density at radius 2 is 1.58 bits per heavy atom. The van der Waals surface area contributed by atoms with E-state index in [4.69, 9.17) is 4.74 Å². The molecular weight excluding hydrogens is 450 g/mol. The van der Waals surface area contributed by atoms with E-state index < -0.39 is 17.7 Å². The number of ether oxygens (including phenoxy) is 1. The Morgan fingerprint density at radius 1 is 0.917 bits per heavy atom. The van der Waals surface area contributed by atoms with Crippen LogP contribution in [-0.4, -0.2) is 23.9 Å². The first-order chi connectivity index (χ1) is 16.9. The van der Waals surface area contributed by atoms with E-state index in [1.165, 1.54) is 4.90 Å². The lowest BCUT2D eigenvalue weighted by molar-refractivity contribution is -0.132. The molecule has 36 heavy (non-hydrogen) atoms. The zero-order valence-electron chi connectivity index (χ0n) is 22.0. The van der Waals surface area contributed by atoms with Gasteiger partial charge in [-0.25, -0.2) is 0 Å². The van der Waals surface area contributed by atoms with E-state index in [-0.39, 0.29) is 16.7 Å². The molecule has 0 saturated carbocycles. The molecule has 0 bridgehead atoms. The summed E-state index contributed by atoms with van der Waals surface area (Å²) >= 11 is 0. The van der Waals surface area contributed by atoms with E-state index in [1.54, 1.807) is 13.2 Å². The molecule has 1 aliphatic rings. The van der Waals surface area contributed by atoms with Crippen molar-refractivity contribution in [1.29, 1.82) is 0 Å². The maximum Gasteiger partial charge on any atom is 0.300 e. The quantitative estimate of drug-likeness (QED) is 0.260. The minimum Gasteiger partial charge on any atom is -0.507 e. The van der Waals surface area contributed by atoms with Gasteiger partial charge in [0, 0.05) is 11.3 Å². The molecule has 3 aromatic rings. The predicted octanol–water partition coefficient (Wildman–Crippen LogP) is 6.54. The third-order valence-corrected chi connectivity index (χ3v) is 6.70. The normalized spacial score (nSPS) is 17.5. The van der Waals surface area contributed by atoms with Crippen LogP contribution < -0.4 is 9.64 Å². The summed E-state index contributed by atoms with van der Waals surface area (Å²) in [6.45, 7) is 12.1. The highest BCUT2D eigenvalue weighted by molar-refractivity contribution is 6.51. The predicted molar refractivity (Wildman–Crippen MR) is 144 cm³/mol. The second-order valence-corrected chi connectivity index (χ2v) is 10.6. The number of hydrogen-bond acceptors (Lipinski definition) is 4. The van der Waals surface area contributed by atoms with Crippen LogP contribution in [-0.2, 0) is 15.0 Å². The van der Waals surface area contributed by atoms with Gasteiger partial charge in [0.1, 0.15) is 11.5 Å². The van der Waals surface area contributed by atoms with Gasteiger partial charge in [-0.3, -0.25) is 14.5 Å². The minimum atomic E-state index is -0.806. The van der Waals surface area contributed by atoms with E-state index in [1.807, 2.05) is 75.4 Å². The van der Waals surface area contributed by atoms with Gasteiger partial charge >= 0.3 is 0 Å². The van der Waals surface area contributed by atoms with Crippen LogP contribution in [0, 0.1) is 20.8 Å². The Bertz CT molecular complexity index is 1370. The molecule has 1 fully saturated rings. The SMILES string of the molecule is COc1cccc(C2/C(=C(\O)c3cc(C(C)(C)C)ccc3C)C(=O)C(=O)N2c2cc(C)cc(C)c2)c1. The van der Waals surface area contributed by atoms with Gasteiger partial charge in [-0.2, -0.15) is 0 Å². The smallest absolute Gasteiger partial charge is 0.300 e. The fourth-order valence-corrected chi connectivity index (χ4v) is 4.80. The zero-order valence-corrected chi connectivity index (χ0v) is 22.0. The van der Waals surface area contributed by atoms with Crippen molar-refractivity contribution in [3.63, 3.8) is 0 Å². The second kappa shape index (κ2) is 9.30. The van der Waals surface area contributed by atoms with Crippen molar-refractivity contribution in [2.75, 3.05) is 12.0 Å². The van der Waals surface area contributed by atoms with Crippen LogP contribution in [0.2, 0.25) is 0 Å². The van der Waals surface area contributed by atoms with Crippen LogP contribution in [0.4, 0.5) is 5.69 Å². The standard InChI is InChI=1S/C31H33NO4/c1-18-13-19(2)15-23(14-18)32-27(21-9-8-10-24(16-21)36-7)26(29(34)30(32)35)28(33)25-17-22(31(4,5)6)12-11-20(25)3/h8-17,27,33H,1-7H3/b28-26+. The molecule has 1 amide bonds. The van der Waals surface area contributed by atoms with Gasteiger partial charge in [0.05, 0.1) is 18.7 Å². The summed E-state index contributed by atoms with van der Waals surface area (Å²) in [5, 5.41) is 11.7. The highest BCUT2D eigenvalue weighted by atomic mass is 16.5. The number of carbonyl (C=O) groups is 2. The van der Waals surface area contributed by atoms with Gasteiger partial charge in [0.15, 0.2) is 0 Å². The Balaban J connectivity index is 2.01. The number of Topliss-reactive ketones (excluding diaryl/α,β-unsaturated/α-hetero) is 1. The second-order valence-electron chi connectivity index (χ2n) is 10.6. The molecule has 4 rings (SSSR count). The van der Waals surface area contributed by atoms with Gasteiger partial charge in [-0.15, -0.1) is 0 Å². The van der Waals surface area contributed by atoms with Crippen LogP contribution >= 0.6 is 0 Å². The Hall–Kier alpha value is -3.86. The highest BCUT2D eigenvalue weighted by Crippen LogP contribution is 2.44. The lowest BCUT2D eigenvalue weighted by Crippen LogP contribution is -2.29. The lowest BCUT2D eigenvalue weighted by Gasteiger charge is -2.27. The van der Waals surface area contributed by atoms with Crippen molar-refractivity contribution in [2.24, 2.45) is 0 Å². The van der Waals surface area contributed by atoms with Crippen LogP contribution in [0.25, 0.3) is 5.76 Å². The molecule has 1 unspecified atom stereocenters. The van der Waals surface area contributed by atoms with E-state index >= 15 is 0 Å². The fourth-order valence-electron chi connectivity index (χ4n) is 4.80. The number of methoxy groups -OCH3 is 1. The van der Waals surface area contributed by atoms with Gasteiger partial charge in [0.25, 0.3) is 11.7 Å². The summed E-state index contributed by atoms with van der Waals surface area (Å²) in [5.41, 5.74) is 5.56. The molecule has 1 aliphatic heterocycles. The number of benzene rings is 3. The molecular formula is C31H33NO4. The van der Waals surface area contributed by atoms with Crippen LogP contribution in [0.1, 0.15) is 60.2 Å². The number of nitrogens with zero attached hydrogens (tertiary/aromatic N) is 1. The number of carbonyl (C=O) groups excluding carboxylic acids is 2. The third-order valence-electron chi connectivity index (χ3n) is 6.70. The number of aliphatic hydroxyl groups is 1. The van der Waals surface area contributed by atoms with Crippen molar-refractivity contribution < 1.29 is 19.4 Å². The number of rotatable bonds is 4. The molecule has 1 N–H and O–H groups in total. The molecule has 186 valence electrons. The number of hydrogen-bond donors (Lipinski definition) is 1. The van der Waals surface area contributed by atoms with E-state index in [0.717, 1.165) is 22.3 Å². The highest BCUT2D eigenvalue weighted by Gasteiger charge is 2.47. The average Bonchev–Trinajstić information content (AvgIpc) is 3.08. The van der Waals surface area contributed by atoms with E-state index in [2.05, 4.69) is 20.8 Å². The molecule has 0 aliphatic carbocycles. The Kier molecular flexibility index (Phi) is 6.52. The van der Waals surface area contributed by atoms with Crippen LogP contribution in [0.3, 0.4) is 0 Å². The monoisotopic (exact) mass is 483 g/mol. The molecule has 1 heterocycles. The molecule has 5 nitrogen and oxygen atoms in total. The topological polar surface area (TPSA) is 66.8 Å². The summed E-state index contributed by atoms with van der Waals surface area (Å²) in [7, 11) is 1.57. The largest absolute Gasteiger partial charge is 0.507 e. The summed E-state index contributed by atoms with van der Waals surface area (Å²) < 4.78 is 5.43. The third kappa shape index (κ3) is 4.53. The number of aryl methyl sites for hydroxylation is 3. The molecule has 0 aromatic heterocycles. The zero-order chi connectivity index (χ0) is 26.4. The van der Waals surface area contributed by atoms with Crippen molar-refractivity contribution >= 4 is 23.1 Å². The van der Waals surface area contributed by atoms with Gasteiger partial charge in [-0.1, -0.05) is 51.1 Å². The maximum absolute atomic E-state index is 13.6. The van der Waals surface area contributed by atoms with E-state index in [0.29, 0.717) is 22.6 Å². The molecule has 5 heteroatoms. The molecule has 0 spiro atoms. The number of aliphatic hydroxyl groups excluding tert-OH is 1. The molecule has 0 radical (unpaired) electrons. The first-order valence-corrected chi connectivity index (χ1v) is 12.1. The lowest BCUT2D eigenvalue weighted by atomic mass is 9.84. The minimum absolute atomic E-state index is 0.0709.